The van der Waals surface area contributed by atoms with Crippen LogP contribution in [0.1, 0.15) is 26.7 Å². The second-order valence-electron chi connectivity index (χ2n) is 3.95. The fraction of sp³-hybridized carbons (Fsp3) is 0.727. The van der Waals surface area contributed by atoms with Crippen LogP contribution < -0.4 is 0 Å². The second-order valence-corrected chi connectivity index (χ2v) is 8.30. The largest absolute Gasteiger partial charge is 0.462 e. The van der Waals surface area contributed by atoms with Gasteiger partial charge in [-0.3, -0.25) is 0 Å². The summed E-state index contributed by atoms with van der Waals surface area (Å²) in [5, 5.41) is 0. The lowest BCUT2D eigenvalue weighted by atomic mass is 10.4. The Hall–Kier alpha value is -0.436. The molecule has 0 rings (SSSR count). The maximum absolute atomic E-state index is 11.1. The number of esters is 1. The van der Waals surface area contributed by atoms with E-state index in [0.717, 1.165) is 24.9 Å². The molecule has 1 unspecified atom stereocenters. The highest BCUT2D eigenvalue weighted by atomic mass is 28.4. The van der Waals surface area contributed by atoms with Crippen molar-refractivity contribution in [3.63, 3.8) is 0 Å². The van der Waals surface area contributed by atoms with Gasteiger partial charge in [0.15, 0.2) is 0 Å². The van der Waals surface area contributed by atoms with Crippen molar-refractivity contribution >= 4 is 25.0 Å². The van der Waals surface area contributed by atoms with Gasteiger partial charge < -0.3 is 13.3 Å². The highest BCUT2D eigenvalue weighted by Crippen LogP contribution is 2.01. The smallest absolute Gasteiger partial charge is 0.333 e. The average molecular weight is 276 g/mol. The van der Waals surface area contributed by atoms with E-state index in [4.69, 9.17) is 13.3 Å². The van der Waals surface area contributed by atoms with Crippen molar-refractivity contribution in [2.75, 3.05) is 13.7 Å². The number of carbonyl (C=O) groups excluding carboxylic acids is 1. The summed E-state index contributed by atoms with van der Waals surface area (Å²) >= 11 is 0. The van der Waals surface area contributed by atoms with Gasteiger partial charge in [-0.15, -0.1) is 0 Å². The molecule has 100 valence electrons. The summed E-state index contributed by atoms with van der Waals surface area (Å²) in [5.41, 5.74) is 0.452. The van der Waals surface area contributed by atoms with Gasteiger partial charge in [-0.1, -0.05) is 19.9 Å². The maximum atomic E-state index is 11.1. The molecule has 0 saturated carbocycles. The van der Waals surface area contributed by atoms with Gasteiger partial charge >= 0.3 is 15.3 Å². The van der Waals surface area contributed by atoms with Gasteiger partial charge in [0.05, 0.1) is 6.61 Å². The molecule has 0 N–H and O–H groups in total. The van der Waals surface area contributed by atoms with Gasteiger partial charge in [-0.2, -0.15) is 0 Å². The van der Waals surface area contributed by atoms with E-state index in [1.54, 1.807) is 14.0 Å². The van der Waals surface area contributed by atoms with Crippen molar-refractivity contribution in [1.29, 1.82) is 0 Å². The molecule has 1 atom stereocenters. The fourth-order valence-corrected chi connectivity index (χ4v) is 5.26. The molecule has 0 radical (unpaired) electrons. The van der Waals surface area contributed by atoms with Gasteiger partial charge in [-0.05, 0) is 25.4 Å². The number of hydrogen-bond acceptors (Lipinski definition) is 4. The lowest BCUT2D eigenvalue weighted by Gasteiger charge is -2.13. The molecule has 4 nitrogen and oxygen atoms in total. The van der Waals surface area contributed by atoms with Gasteiger partial charge in [0.1, 0.15) is 9.76 Å². The molecule has 0 aromatic heterocycles. The Kier molecular flexibility index (Phi) is 10.4. The van der Waals surface area contributed by atoms with Crippen LogP contribution in [0.2, 0.25) is 12.1 Å². The molecule has 0 amide bonds. The lowest BCUT2D eigenvalue weighted by Crippen LogP contribution is -2.22. The maximum Gasteiger partial charge on any atom is 0.333 e. The molecule has 0 spiro atoms. The molecule has 0 bridgehead atoms. The Morgan fingerprint density at radius 2 is 2.18 bits per heavy atom. The van der Waals surface area contributed by atoms with Crippen LogP contribution in [0.15, 0.2) is 12.2 Å². The minimum absolute atomic E-state index is 0.303. The molecule has 0 aliphatic rings. The topological polar surface area (TPSA) is 44.8 Å². The van der Waals surface area contributed by atoms with Gasteiger partial charge in [0, 0.05) is 12.7 Å². The first-order valence-electron chi connectivity index (χ1n) is 6.08. The standard InChI is InChI=1S/C11H24O4Si2/c1-5-9-17(13-4)15-16-8-6-7-14-11(12)10(2)3/h17H,2,5-9,16H2,1,3-4H3. The number of rotatable bonds is 10. The van der Waals surface area contributed by atoms with Crippen LogP contribution in [0.25, 0.3) is 0 Å². The zero-order valence-electron chi connectivity index (χ0n) is 11.2. The quantitative estimate of drug-likeness (QED) is 0.261. The number of ether oxygens (including phenoxy) is 1. The second kappa shape index (κ2) is 10.7. The highest BCUT2D eigenvalue weighted by molar-refractivity contribution is 6.53. The van der Waals surface area contributed by atoms with E-state index in [0.29, 0.717) is 12.2 Å². The highest BCUT2D eigenvalue weighted by Gasteiger charge is 2.09. The van der Waals surface area contributed by atoms with Crippen LogP contribution in [-0.2, 0) is 18.1 Å². The van der Waals surface area contributed by atoms with Crippen LogP contribution in [0.3, 0.4) is 0 Å². The third-order valence-electron chi connectivity index (χ3n) is 2.21. The first kappa shape index (κ1) is 16.6. The molecule has 0 fully saturated rings. The van der Waals surface area contributed by atoms with Gasteiger partial charge in [0.25, 0.3) is 0 Å². The van der Waals surface area contributed by atoms with E-state index in [1.165, 1.54) is 0 Å². The summed E-state index contributed by atoms with van der Waals surface area (Å²) in [6, 6.07) is 2.11. The van der Waals surface area contributed by atoms with Crippen LogP contribution >= 0.6 is 0 Å². The molecule has 0 aliphatic heterocycles. The van der Waals surface area contributed by atoms with Crippen LogP contribution in [0.4, 0.5) is 0 Å². The third-order valence-corrected chi connectivity index (χ3v) is 7.00. The van der Waals surface area contributed by atoms with E-state index in [2.05, 4.69) is 13.5 Å². The summed E-state index contributed by atoms with van der Waals surface area (Å²) in [7, 11) is -0.138. The average Bonchev–Trinajstić information content (AvgIpc) is 2.31. The van der Waals surface area contributed by atoms with Crippen molar-refractivity contribution in [2.24, 2.45) is 0 Å². The molecule has 17 heavy (non-hydrogen) atoms. The molecule has 0 aromatic rings. The Morgan fingerprint density at radius 3 is 2.71 bits per heavy atom. The number of carbonyl (C=O) groups is 1. The normalized spacial score (nSPS) is 12.9. The SMILES string of the molecule is C=C(C)C(=O)OCCC[SiH2]O[SiH](CCC)OC. The van der Waals surface area contributed by atoms with Crippen LogP contribution in [0.5, 0.6) is 0 Å². The van der Waals surface area contributed by atoms with E-state index in [-0.39, 0.29) is 5.97 Å². The number of hydrogen-bond donors (Lipinski definition) is 0. The molecule has 0 aromatic carbocycles. The summed E-state index contributed by atoms with van der Waals surface area (Å²) < 4.78 is 16.1. The van der Waals surface area contributed by atoms with E-state index >= 15 is 0 Å². The first-order chi connectivity index (χ1) is 8.11. The third kappa shape index (κ3) is 9.28. The lowest BCUT2D eigenvalue weighted by molar-refractivity contribution is -0.138. The Labute approximate surface area is 108 Å². The van der Waals surface area contributed by atoms with Crippen molar-refractivity contribution in [2.45, 2.75) is 38.8 Å². The minimum Gasteiger partial charge on any atom is -0.462 e. The zero-order chi connectivity index (χ0) is 13.1. The van der Waals surface area contributed by atoms with E-state index < -0.39 is 19.0 Å². The van der Waals surface area contributed by atoms with Crippen molar-refractivity contribution < 1.29 is 18.1 Å². The molecule has 0 heterocycles. The van der Waals surface area contributed by atoms with Gasteiger partial charge in [0.2, 0.25) is 0 Å². The fourth-order valence-electron chi connectivity index (χ4n) is 1.21. The zero-order valence-corrected chi connectivity index (χ0v) is 13.7. The molecular formula is C11H24O4Si2. The Bertz CT molecular complexity index is 234. The van der Waals surface area contributed by atoms with Crippen LogP contribution in [-0.4, -0.2) is 38.7 Å². The predicted molar refractivity (Wildman–Crippen MR) is 74.1 cm³/mol. The van der Waals surface area contributed by atoms with E-state index in [9.17, 15) is 4.79 Å². The Balaban J connectivity index is 3.39. The van der Waals surface area contributed by atoms with Crippen LogP contribution in [0, 0.1) is 0 Å². The summed E-state index contributed by atoms with van der Waals surface area (Å²) in [4.78, 5) is 11.1. The van der Waals surface area contributed by atoms with Gasteiger partial charge in [-0.25, -0.2) is 4.79 Å². The summed E-state index contributed by atoms with van der Waals surface area (Å²) in [6.07, 6.45) is 2.00. The van der Waals surface area contributed by atoms with Crippen molar-refractivity contribution in [1.82, 2.24) is 0 Å². The Morgan fingerprint density at radius 1 is 1.47 bits per heavy atom. The predicted octanol–water partition coefficient (Wildman–Crippen LogP) is 1.29. The first-order valence-corrected chi connectivity index (χ1v) is 9.42. The molecular weight excluding hydrogens is 252 g/mol. The van der Waals surface area contributed by atoms with E-state index in [1.807, 2.05) is 0 Å². The van der Waals surface area contributed by atoms with Crippen molar-refractivity contribution in [3.8, 4) is 0 Å². The molecule has 0 aliphatic carbocycles. The monoisotopic (exact) mass is 276 g/mol. The molecule has 6 heteroatoms. The van der Waals surface area contributed by atoms with Crippen molar-refractivity contribution in [3.05, 3.63) is 12.2 Å². The summed E-state index contributed by atoms with van der Waals surface area (Å²) in [6.45, 7) is 7.78. The molecule has 0 saturated heterocycles. The minimum atomic E-state index is -1.36. The summed E-state index contributed by atoms with van der Waals surface area (Å²) in [5.74, 6) is -0.303.